The molecule has 0 spiro atoms. The molecule has 0 aliphatic carbocycles. The predicted octanol–water partition coefficient (Wildman–Crippen LogP) is 4.71. The molecule has 148 valence electrons. The smallest absolute Gasteiger partial charge is 0.223 e. The fourth-order valence-corrected chi connectivity index (χ4v) is 3.55. The molecular weight excluding hydrogens is 353 g/mol. The monoisotopic (exact) mass is 381 g/mol. The Morgan fingerprint density at radius 3 is 2.57 bits per heavy atom. The standard InChI is InChI=1S/C23H28FN3O/c1-3-17(4-2)23(28)25-15-9-14-22-26-20-12-7-8-13-21(20)27(22)16-18-10-5-6-11-19(18)24/h5-8,10-13,17H,3-4,9,14-16H2,1-2H3,(H,25,28). The summed E-state index contributed by atoms with van der Waals surface area (Å²) in [6.45, 7) is 5.15. The Balaban J connectivity index is 1.72. The van der Waals surface area contributed by atoms with Gasteiger partial charge in [-0.2, -0.15) is 0 Å². The van der Waals surface area contributed by atoms with Crippen LogP contribution in [0.3, 0.4) is 0 Å². The number of halogens is 1. The van der Waals surface area contributed by atoms with Crippen LogP contribution in [0.1, 0.15) is 44.5 Å². The molecule has 0 aliphatic rings. The topological polar surface area (TPSA) is 46.9 Å². The molecule has 3 aromatic rings. The number of nitrogens with zero attached hydrogens (tertiary/aromatic N) is 2. The highest BCUT2D eigenvalue weighted by molar-refractivity contribution is 5.78. The van der Waals surface area contributed by atoms with E-state index in [9.17, 15) is 9.18 Å². The minimum Gasteiger partial charge on any atom is -0.356 e. The van der Waals surface area contributed by atoms with E-state index < -0.39 is 0 Å². The van der Waals surface area contributed by atoms with E-state index in [2.05, 4.69) is 9.88 Å². The van der Waals surface area contributed by atoms with Crippen molar-refractivity contribution in [2.24, 2.45) is 5.92 Å². The number of aromatic nitrogens is 2. The first-order chi connectivity index (χ1) is 13.6. The van der Waals surface area contributed by atoms with Crippen molar-refractivity contribution in [3.8, 4) is 0 Å². The molecule has 3 rings (SSSR count). The lowest BCUT2D eigenvalue weighted by Crippen LogP contribution is -2.31. The molecule has 1 amide bonds. The first kappa shape index (κ1) is 20.1. The summed E-state index contributed by atoms with van der Waals surface area (Å²) in [6, 6.07) is 14.8. The first-order valence-electron chi connectivity index (χ1n) is 10.1. The second kappa shape index (κ2) is 9.49. The molecule has 0 radical (unpaired) electrons. The summed E-state index contributed by atoms with van der Waals surface area (Å²) in [5.41, 5.74) is 2.56. The second-order valence-corrected chi connectivity index (χ2v) is 7.10. The first-order valence-corrected chi connectivity index (χ1v) is 10.1. The Hall–Kier alpha value is -2.69. The van der Waals surface area contributed by atoms with Crippen LogP contribution in [-0.4, -0.2) is 22.0 Å². The molecule has 0 saturated heterocycles. The number of carbonyl (C=O) groups is 1. The number of benzene rings is 2. The lowest BCUT2D eigenvalue weighted by molar-refractivity contribution is -0.125. The average molecular weight is 381 g/mol. The minimum atomic E-state index is -0.205. The summed E-state index contributed by atoms with van der Waals surface area (Å²) >= 11 is 0. The number of imidazole rings is 1. The van der Waals surface area contributed by atoms with Crippen molar-refractivity contribution in [3.05, 3.63) is 65.7 Å². The Bertz CT molecular complexity index is 930. The number of nitrogens with one attached hydrogen (secondary N) is 1. The number of aryl methyl sites for hydroxylation is 1. The fourth-order valence-electron chi connectivity index (χ4n) is 3.55. The molecule has 0 bridgehead atoms. The number of fused-ring (bicyclic) bond motifs is 1. The van der Waals surface area contributed by atoms with E-state index in [0.717, 1.165) is 42.5 Å². The number of rotatable bonds is 9. The van der Waals surface area contributed by atoms with E-state index in [4.69, 9.17) is 4.98 Å². The number of carbonyl (C=O) groups excluding carboxylic acids is 1. The van der Waals surface area contributed by atoms with Crippen LogP contribution in [0.5, 0.6) is 0 Å². The fraction of sp³-hybridized carbons (Fsp3) is 0.391. The van der Waals surface area contributed by atoms with Crippen molar-refractivity contribution < 1.29 is 9.18 Å². The SMILES string of the molecule is CCC(CC)C(=O)NCCCc1nc2ccccc2n1Cc1ccccc1F. The van der Waals surface area contributed by atoms with Crippen LogP contribution in [0.2, 0.25) is 0 Å². The van der Waals surface area contributed by atoms with E-state index in [1.54, 1.807) is 6.07 Å². The van der Waals surface area contributed by atoms with E-state index in [-0.39, 0.29) is 17.6 Å². The zero-order chi connectivity index (χ0) is 19.9. The maximum absolute atomic E-state index is 14.2. The maximum atomic E-state index is 14.2. The average Bonchev–Trinajstić information content (AvgIpc) is 3.05. The lowest BCUT2D eigenvalue weighted by atomic mass is 10.0. The second-order valence-electron chi connectivity index (χ2n) is 7.10. The van der Waals surface area contributed by atoms with Crippen molar-refractivity contribution in [2.75, 3.05) is 6.54 Å². The van der Waals surface area contributed by atoms with E-state index in [1.807, 2.05) is 50.2 Å². The van der Waals surface area contributed by atoms with Crippen LogP contribution in [0, 0.1) is 11.7 Å². The minimum absolute atomic E-state index is 0.0885. The van der Waals surface area contributed by atoms with Crippen LogP contribution in [0.25, 0.3) is 11.0 Å². The highest BCUT2D eigenvalue weighted by Crippen LogP contribution is 2.20. The van der Waals surface area contributed by atoms with Gasteiger partial charge in [-0.3, -0.25) is 4.79 Å². The number of hydrogen-bond donors (Lipinski definition) is 1. The summed E-state index contributed by atoms with van der Waals surface area (Å²) < 4.78 is 16.3. The van der Waals surface area contributed by atoms with Gasteiger partial charge in [-0.05, 0) is 37.5 Å². The van der Waals surface area contributed by atoms with Gasteiger partial charge in [-0.15, -0.1) is 0 Å². The van der Waals surface area contributed by atoms with Gasteiger partial charge in [0.15, 0.2) is 0 Å². The highest BCUT2D eigenvalue weighted by atomic mass is 19.1. The molecule has 1 N–H and O–H groups in total. The Morgan fingerprint density at radius 1 is 1.11 bits per heavy atom. The lowest BCUT2D eigenvalue weighted by Gasteiger charge is -2.13. The number of amides is 1. The summed E-state index contributed by atoms with van der Waals surface area (Å²) in [5.74, 6) is 0.931. The predicted molar refractivity (Wildman–Crippen MR) is 111 cm³/mol. The summed E-state index contributed by atoms with van der Waals surface area (Å²) in [6.07, 6.45) is 3.25. The van der Waals surface area contributed by atoms with Crippen LogP contribution >= 0.6 is 0 Å². The van der Waals surface area contributed by atoms with Gasteiger partial charge in [0.1, 0.15) is 11.6 Å². The van der Waals surface area contributed by atoms with Gasteiger partial charge in [-0.1, -0.05) is 44.2 Å². The Morgan fingerprint density at radius 2 is 1.82 bits per heavy atom. The van der Waals surface area contributed by atoms with Crippen molar-refractivity contribution >= 4 is 16.9 Å². The molecule has 0 aliphatic heterocycles. The zero-order valence-corrected chi connectivity index (χ0v) is 16.6. The van der Waals surface area contributed by atoms with Gasteiger partial charge >= 0.3 is 0 Å². The molecule has 28 heavy (non-hydrogen) atoms. The van der Waals surface area contributed by atoms with Gasteiger partial charge in [-0.25, -0.2) is 9.37 Å². The van der Waals surface area contributed by atoms with Crippen LogP contribution in [0.15, 0.2) is 48.5 Å². The van der Waals surface area contributed by atoms with Gasteiger partial charge in [0, 0.05) is 24.4 Å². The summed E-state index contributed by atoms with van der Waals surface area (Å²) in [7, 11) is 0. The number of para-hydroxylation sites is 2. The maximum Gasteiger partial charge on any atom is 0.223 e. The van der Waals surface area contributed by atoms with E-state index >= 15 is 0 Å². The largest absolute Gasteiger partial charge is 0.356 e. The molecule has 1 heterocycles. The third-order valence-corrected chi connectivity index (χ3v) is 5.25. The van der Waals surface area contributed by atoms with Crippen molar-refractivity contribution in [1.29, 1.82) is 0 Å². The molecule has 1 aromatic heterocycles. The molecule has 4 nitrogen and oxygen atoms in total. The summed E-state index contributed by atoms with van der Waals surface area (Å²) in [4.78, 5) is 16.9. The van der Waals surface area contributed by atoms with Gasteiger partial charge in [0.2, 0.25) is 5.91 Å². The molecule has 2 aromatic carbocycles. The third-order valence-electron chi connectivity index (χ3n) is 5.25. The molecule has 5 heteroatoms. The van der Waals surface area contributed by atoms with Crippen LogP contribution in [-0.2, 0) is 17.8 Å². The molecule has 0 saturated carbocycles. The third kappa shape index (κ3) is 4.58. The Labute approximate surface area is 165 Å². The van der Waals surface area contributed by atoms with Crippen LogP contribution < -0.4 is 5.32 Å². The van der Waals surface area contributed by atoms with Gasteiger partial charge in [0.05, 0.1) is 17.6 Å². The quantitative estimate of drug-likeness (QED) is 0.546. The zero-order valence-electron chi connectivity index (χ0n) is 16.6. The molecular formula is C23H28FN3O. The molecule has 0 unspecified atom stereocenters. The van der Waals surface area contributed by atoms with E-state index in [1.165, 1.54) is 6.07 Å². The van der Waals surface area contributed by atoms with E-state index in [0.29, 0.717) is 18.7 Å². The normalized spacial score (nSPS) is 11.3. The van der Waals surface area contributed by atoms with Gasteiger partial charge < -0.3 is 9.88 Å². The number of hydrogen-bond acceptors (Lipinski definition) is 2. The van der Waals surface area contributed by atoms with Crippen LogP contribution in [0.4, 0.5) is 4.39 Å². The van der Waals surface area contributed by atoms with Gasteiger partial charge in [0.25, 0.3) is 0 Å². The summed E-state index contributed by atoms with van der Waals surface area (Å²) in [5, 5.41) is 3.03. The van der Waals surface area contributed by atoms with Crippen molar-refractivity contribution in [3.63, 3.8) is 0 Å². The Kier molecular flexibility index (Phi) is 6.80. The van der Waals surface area contributed by atoms with Crippen molar-refractivity contribution in [2.45, 2.75) is 46.1 Å². The molecule has 0 atom stereocenters. The van der Waals surface area contributed by atoms with Crippen molar-refractivity contribution in [1.82, 2.24) is 14.9 Å². The highest BCUT2D eigenvalue weighted by Gasteiger charge is 2.15. The molecule has 0 fully saturated rings.